The predicted octanol–water partition coefficient (Wildman–Crippen LogP) is 1.48. The lowest BCUT2D eigenvalue weighted by Gasteiger charge is -2.06. The second kappa shape index (κ2) is 8.76. The fraction of sp³-hybridized carbons (Fsp3) is 0.500. The molecule has 21 heavy (non-hydrogen) atoms. The maximum Gasteiger partial charge on any atom is 0.215 e. The molecule has 0 aliphatic heterocycles. The molecular formula is C14H24N4O2S. The highest BCUT2D eigenvalue weighted by Gasteiger charge is 2.07. The van der Waals surface area contributed by atoms with Gasteiger partial charge in [-0.25, -0.2) is 13.1 Å². The summed E-state index contributed by atoms with van der Waals surface area (Å²) in [4.78, 5) is 0.513. The molecule has 118 valence electrons. The van der Waals surface area contributed by atoms with Crippen LogP contribution in [0, 0.1) is 0 Å². The van der Waals surface area contributed by atoms with Crippen molar-refractivity contribution < 1.29 is 16.6 Å². The zero-order valence-electron chi connectivity index (χ0n) is 17.8. The molecule has 1 aromatic rings. The van der Waals surface area contributed by atoms with E-state index in [0.29, 0.717) is 29.0 Å². The largest absolute Gasteiger partial charge is 0.309 e. The van der Waals surface area contributed by atoms with Gasteiger partial charge in [0.15, 0.2) is 0 Å². The third kappa shape index (κ3) is 7.79. The third-order valence-electron chi connectivity index (χ3n) is 2.62. The molecule has 0 unspecified atom stereocenters. The van der Waals surface area contributed by atoms with Crippen molar-refractivity contribution in [3.8, 4) is 0 Å². The summed E-state index contributed by atoms with van der Waals surface area (Å²) in [6.45, 7) is -5.46. The number of nitrogens with zero attached hydrogens (tertiary/aromatic N) is 2. The first kappa shape index (κ1) is 10.3. The Kier molecular flexibility index (Phi) is 4.30. The van der Waals surface area contributed by atoms with E-state index in [1.54, 1.807) is 24.3 Å². The van der Waals surface area contributed by atoms with Gasteiger partial charge in [-0.2, -0.15) is 5.10 Å². The van der Waals surface area contributed by atoms with E-state index < -0.39 is 24.0 Å². The Morgan fingerprint density at radius 1 is 1.33 bits per heavy atom. The Labute approximate surface area is 135 Å². The molecule has 0 aromatic heterocycles. The van der Waals surface area contributed by atoms with Crippen LogP contribution in [0.15, 0.2) is 29.4 Å². The van der Waals surface area contributed by atoms with Gasteiger partial charge in [-0.1, -0.05) is 12.1 Å². The molecule has 0 aliphatic carbocycles. The molecule has 0 spiro atoms. The number of hydrogen-bond acceptors (Lipinski definition) is 5. The summed E-state index contributed by atoms with van der Waals surface area (Å²) in [5, 5.41) is 3.98. The fourth-order valence-corrected chi connectivity index (χ4v) is 2.27. The Balaban J connectivity index is 2.45. The summed E-state index contributed by atoms with van der Waals surface area (Å²) in [5.74, 6) is -0.115. The van der Waals surface area contributed by atoms with Crippen LogP contribution in [0.1, 0.15) is 26.6 Å². The fourth-order valence-electron chi connectivity index (χ4n) is 1.49. The summed E-state index contributed by atoms with van der Waals surface area (Å²) in [5.41, 5.74) is 4.05. The lowest BCUT2D eigenvalue weighted by atomic mass is 10.2. The van der Waals surface area contributed by atoms with Gasteiger partial charge >= 0.3 is 0 Å². The number of sulfonamides is 1. The zero-order valence-corrected chi connectivity index (χ0v) is 12.7. The molecule has 0 saturated heterocycles. The molecule has 0 fully saturated rings. The molecule has 0 atom stereocenters. The van der Waals surface area contributed by atoms with Gasteiger partial charge < -0.3 is 4.90 Å². The highest BCUT2D eigenvalue weighted by atomic mass is 32.2. The van der Waals surface area contributed by atoms with Gasteiger partial charge in [0.1, 0.15) is 0 Å². The lowest BCUT2D eigenvalue weighted by molar-refractivity contribution is 0.404. The second-order valence-electron chi connectivity index (χ2n) is 4.38. The van der Waals surface area contributed by atoms with Crippen LogP contribution in [0.2, 0.25) is 0 Å². The van der Waals surface area contributed by atoms with E-state index in [2.05, 4.69) is 15.2 Å². The summed E-state index contributed by atoms with van der Waals surface area (Å²) < 4.78 is 68.8. The van der Waals surface area contributed by atoms with E-state index in [1.165, 1.54) is 13.3 Å². The molecule has 0 amide bonds. The number of rotatable bonds is 9. The molecule has 2 N–H and O–H groups in total. The van der Waals surface area contributed by atoms with Gasteiger partial charge in [-0.05, 0) is 58.1 Å². The normalized spacial score (nSPS) is 17.6. The van der Waals surface area contributed by atoms with Gasteiger partial charge in [-0.3, -0.25) is 5.43 Å². The summed E-state index contributed by atoms with van der Waals surface area (Å²) >= 11 is 0. The van der Waals surface area contributed by atoms with E-state index in [1.807, 2.05) is 0 Å². The molecule has 1 rings (SSSR count). The van der Waals surface area contributed by atoms with Crippen LogP contribution in [0.5, 0.6) is 0 Å². The van der Waals surface area contributed by atoms with Gasteiger partial charge in [0.2, 0.25) is 10.0 Å². The molecule has 6 nitrogen and oxygen atoms in total. The molecule has 0 aliphatic rings. The summed E-state index contributed by atoms with van der Waals surface area (Å²) in [6, 6.07) is 6.69. The van der Waals surface area contributed by atoms with Crippen LogP contribution in [-0.4, -0.2) is 47.1 Å². The first-order valence-corrected chi connectivity index (χ1v) is 8.06. The minimum Gasteiger partial charge on any atom is -0.309 e. The number of nitrogens with one attached hydrogen (secondary N) is 2. The van der Waals surface area contributed by atoms with E-state index in [0.717, 1.165) is 0 Å². The van der Waals surface area contributed by atoms with Crippen LogP contribution < -0.4 is 10.1 Å². The van der Waals surface area contributed by atoms with Crippen LogP contribution in [0.3, 0.4) is 0 Å². The lowest BCUT2D eigenvalue weighted by Crippen LogP contribution is -2.20. The molecule has 0 radical (unpaired) electrons. The number of unbranched alkanes of at least 4 members (excludes halogenated alkanes) is 1. The number of hydrogen-bond donors (Lipinski definition) is 2. The average Bonchev–Trinajstić information content (AvgIpc) is 2.53. The monoisotopic (exact) mass is 318 g/mol. The van der Waals surface area contributed by atoms with Gasteiger partial charge in [-0.15, -0.1) is 0 Å². The highest BCUT2D eigenvalue weighted by molar-refractivity contribution is 7.88. The van der Waals surface area contributed by atoms with Gasteiger partial charge in [0.25, 0.3) is 0 Å². The van der Waals surface area contributed by atoms with Crippen molar-refractivity contribution in [2.75, 3.05) is 33.0 Å². The maximum absolute atomic E-state index is 11.5. The predicted molar refractivity (Wildman–Crippen MR) is 88.0 cm³/mol. The van der Waals surface area contributed by atoms with Crippen LogP contribution >= 0.6 is 0 Å². The summed E-state index contributed by atoms with van der Waals surface area (Å²) in [6.07, 6.45) is 2.24. The minimum atomic E-state index is -3.32. The van der Waals surface area contributed by atoms with Gasteiger partial charge in [0, 0.05) is 14.4 Å². The average molecular weight is 318 g/mol. The number of benzene rings is 1. The van der Waals surface area contributed by atoms with Crippen LogP contribution in [-0.2, 0) is 15.8 Å². The third-order valence-corrected chi connectivity index (χ3v) is 3.96. The zero-order chi connectivity index (χ0) is 20.7. The number of anilines is 1. The molecule has 0 heterocycles. The smallest absolute Gasteiger partial charge is 0.215 e. The van der Waals surface area contributed by atoms with Crippen molar-refractivity contribution in [3.05, 3.63) is 29.8 Å². The Morgan fingerprint density at radius 3 is 2.67 bits per heavy atom. The van der Waals surface area contributed by atoms with Gasteiger partial charge in [0.05, 0.1) is 11.4 Å². The molecule has 0 saturated carbocycles. The van der Waals surface area contributed by atoms with Crippen LogP contribution in [0.4, 0.5) is 5.69 Å². The van der Waals surface area contributed by atoms with Crippen molar-refractivity contribution >= 4 is 21.9 Å². The Hall–Kier alpha value is -1.44. The molecule has 7 heteroatoms. The van der Waals surface area contributed by atoms with Crippen molar-refractivity contribution in [2.24, 2.45) is 5.10 Å². The van der Waals surface area contributed by atoms with Crippen LogP contribution in [0.25, 0.3) is 0 Å². The maximum atomic E-state index is 11.5. The quantitative estimate of drug-likeness (QED) is 0.411. The summed E-state index contributed by atoms with van der Waals surface area (Å²) in [7, 11) is -1.97. The van der Waals surface area contributed by atoms with E-state index in [9.17, 15) is 8.42 Å². The molecule has 0 bridgehead atoms. The highest BCUT2D eigenvalue weighted by Crippen LogP contribution is 2.11. The first-order valence-electron chi connectivity index (χ1n) is 9.40. The second-order valence-corrected chi connectivity index (χ2v) is 6.30. The molecular weight excluding hydrogens is 288 g/mol. The van der Waals surface area contributed by atoms with E-state index in [-0.39, 0.29) is 12.3 Å². The van der Waals surface area contributed by atoms with E-state index >= 15 is 0 Å². The van der Waals surface area contributed by atoms with Crippen molar-refractivity contribution in [1.29, 1.82) is 0 Å². The van der Waals surface area contributed by atoms with Crippen molar-refractivity contribution in [3.63, 3.8) is 0 Å². The standard InChI is InChI=1S/C14H24N4O2S/c1-15-21(19,20)12-13-6-8-14(9-7-13)17-16-10-4-5-11-18(2)3/h6-10,15,17H,4-5,11-12H2,1-3H3/b16-10+/i2D3,3D3. The topological polar surface area (TPSA) is 73.8 Å². The number of hydrazone groups is 1. The Morgan fingerprint density at radius 2 is 2.05 bits per heavy atom. The Bertz CT molecular complexity index is 703. The van der Waals surface area contributed by atoms with Crippen molar-refractivity contribution in [1.82, 2.24) is 9.62 Å². The van der Waals surface area contributed by atoms with Crippen molar-refractivity contribution in [2.45, 2.75) is 18.6 Å². The molecule has 1 aromatic carbocycles. The SMILES string of the molecule is [2H]C([2H])([2H])N(CCC/C=N/Nc1ccc(CS(=O)(=O)NC)cc1)C([2H])([2H])[2H]. The van der Waals surface area contributed by atoms with E-state index in [4.69, 9.17) is 8.22 Å². The minimum absolute atomic E-state index is 0.104. The first-order chi connectivity index (χ1) is 12.3.